The van der Waals surface area contributed by atoms with Gasteiger partial charge < -0.3 is 5.32 Å². The van der Waals surface area contributed by atoms with Gasteiger partial charge in [-0.05, 0) is 48.1 Å². The van der Waals surface area contributed by atoms with Crippen molar-refractivity contribution in [3.05, 3.63) is 65.2 Å². The second-order valence-corrected chi connectivity index (χ2v) is 5.30. The maximum atomic E-state index is 12.3. The number of nitriles is 1. The zero-order valence-corrected chi connectivity index (χ0v) is 11.7. The first-order chi connectivity index (χ1) is 10.3. The van der Waals surface area contributed by atoms with E-state index in [1.54, 1.807) is 12.1 Å². The fraction of sp³-hybridized carbons (Fsp3) is 0.222. The molecule has 0 heterocycles. The van der Waals surface area contributed by atoms with Gasteiger partial charge >= 0.3 is 0 Å². The van der Waals surface area contributed by atoms with Crippen molar-refractivity contribution in [2.24, 2.45) is 0 Å². The molecule has 2 aromatic rings. The molecule has 1 amide bonds. The summed E-state index contributed by atoms with van der Waals surface area (Å²) in [5, 5.41) is 12.1. The molecule has 3 heteroatoms. The van der Waals surface area contributed by atoms with Crippen LogP contribution in [-0.2, 0) is 17.6 Å². The molecule has 3 nitrogen and oxygen atoms in total. The van der Waals surface area contributed by atoms with E-state index in [0.29, 0.717) is 0 Å². The lowest BCUT2D eigenvalue weighted by atomic mass is 9.99. The van der Waals surface area contributed by atoms with Crippen LogP contribution in [0.15, 0.2) is 48.5 Å². The van der Waals surface area contributed by atoms with E-state index < -0.39 is 5.92 Å². The first kappa shape index (κ1) is 13.4. The van der Waals surface area contributed by atoms with E-state index >= 15 is 0 Å². The van der Waals surface area contributed by atoms with E-state index in [-0.39, 0.29) is 5.91 Å². The van der Waals surface area contributed by atoms with Gasteiger partial charge in [0.25, 0.3) is 0 Å². The average molecular weight is 276 g/mol. The van der Waals surface area contributed by atoms with Crippen molar-refractivity contribution in [2.45, 2.75) is 25.2 Å². The summed E-state index contributed by atoms with van der Waals surface area (Å²) in [5.41, 5.74) is 4.17. The first-order valence-corrected chi connectivity index (χ1v) is 7.15. The van der Waals surface area contributed by atoms with Gasteiger partial charge in [0.15, 0.2) is 5.92 Å². The van der Waals surface area contributed by atoms with Crippen LogP contribution in [0.3, 0.4) is 0 Å². The van der Waals surface area contributed by atoms with Gasteiger partial charge in [0.2, 0.25) is 5.91 Å². The minimum absolute atomic E-state index is 0.276. The zero-order chi connectivity index (χ0) is 14.7. The molecule has 104 valence electrons. The Morgan fingerprint density at radius 1 is 1.10 bits per heavy atom. The molecular weight excluding hydrogens is 260 g/mol. The number of carbonyl (C=O) groups excluding carboxylic acids is 1. The van der Waals surface area contributed by atoms with Crippen molar-refractivity contribution in [3.8, 4) is 6.07 Å². The number of hydrogen-bond acceptors (Lipinski definition) is 2. The van der Waals surface area contributed by atoms with Crippen LogP contribution in [0.5, 0.6) is 0 Å². The number of rotatable bonds is 3. The lowest BCUT2D eigenvalue weighted by Crippen LogP contribution is -2.20. The van der Waals surface area contributed by atoms with Crippen LogP contribution < -0.4 is 5.32 Å². The molecule has 0 saturated carbocycles. The molecule has 0 spiro atoms. The summed E-state index contributed by atoms with van der Waals surface area (Å²) in [6, 6.07) is 17.2. The zero-order valence-electron chi connectivity index (χ0n) is 11.7. The molecule has 0 bridgehead atoms. The summed E-state index contributed by atoms with van der Waals surface area (Å²) in [4.78, 5) is 12.3. The summed E-state index contributed by atoms with van der Waals surface area (Å²) in [6.07, 6.45) is 3.37. The van der Waals surface area contributed by atoms with E-state index in [1.165, 1.54) is 17.5 Å². The summed E-state index contributed by atoms with van der Waals surface area (Å²) in [5.74, 6) is -1.05. The minimum Gasteiger partial charge on any atom is -0.325 e. The Hall–Kier alpha value is -2.60. The molecule has 0 aliphatic heterocycles. The number of amides is 1. The normalized spacial score (nSPS) is 14.0. The van der Waals surface area contributed by atoms with Gasteiger partial charge in [-0.3, -0.25) is 4.79 Å². The van der Waals surface area contributed by atoms with Crippen molar-refractivity contribution in [3.63, 3.8) is 0 Å². The molecular formula is C18H16N2O. The fourth-order valence-corrected chi connectivity index (χ4v) is 2.79. The van der Waals surface area contributed by atoms with E-state index in [1.807, 2.05) is 30.3 Å². The number of anilines is 1. The van der Waals surface area contributed by atoms with Crippen LogP contribution in [0.25, 0.3) is 0 Å². The number of fused-ring (bicyclic) bond motifs is 1. The van der Waals surface area contributed by atoms with Gasteiger partial charge in [0.1, 0.15) is 0 Å². The second kappa shape index (κ2) is 5.80. The first-order valence-electron chi connectivity index (χ1n) is 7.15. The van der Waals surface area contributed by atoms with Gasteiger partial charge in [0.05, 0.1) is 6.07 Å². The molecule has 1 N–H and O–H groups in total. The summed E-state index contributed by atoms with van der Waals surface area (Å²) < 4.78 is 0. The van der Waals surface area contributed by atoms with Crippen LogP contribution in [-0.4, -0.2) is 5.91 Å². The monoisotopic (exact) mass is 276 g/mol. The van der Waals surface area contributed by atoms with Gasteiger partial charge in [-0.1, -0.05) is 36.4 Å². The number of aryl methyl sites for hydroxylation is 2. The minimum atomic E-state index is -0.778. The fourth-order valence-electron chi connectivity index (χ4n) is 2.79. The summed E-state index contributed by atoms with van der Waals surface area (Å²) in [7, 11) is 0. The van der Waals surface area contributed by atoms with Gasteiger partial charge in [0, 0.05) is 5.69 Å². The Kier molecular flexibility index (Phi) is 3.70. The molecule has 0 saturated heterocycles. The Morgan fingerprint density at radius 2 is 1.86 bits per heavy atom. The SMILES string of the molecule is N#CC(C(=O)Nc1ccc2c(c1)CCC2)c1ccccc1. The molecule has 1 aliphatic rings. The number of benzene rings is 2. The van der Waals surface area contributed by atoms with Crippen LogP contribution >= 0.6 is 0 Å². The highest BCUT2D eigenvalue weighted by atomic mass is 16.1. The molecule has 1 atom stereocenters. The van der Waals surface area contributed by atoms with E-state index in [0.717, 1.165) is 24.1 Å². The van der Waals surface area contributed by atoms with Gasteiger partial charge in [-0.25, -0.2) is 0 Å². The van der Waals surface area contributed by atoms with Crippen LogP contribution in [0, 0.1) is 11.3 Å². The number of hydrogen-bond donors (Lipinski definition) is 1. The van der Waals surface area contributed by atoms with Crippen LogP contribution in [0.2, 0.25) is 0 Å². The molecule has 3 rings (SSSR count). The van der Waals surface area contributed by atoms with Crippen LogP contribution in [0.4, 0.5) is 5.69 Å². The lowest BCUT2D eigenvalue weighted by Gasteiger charge is -2.11. The highest BCUT2D eigenvalue weighted by Crippen LogP contribution is 2.25. The third-order valence-corrected chi connectivity index (χ3v) is 3.89. The van der Waals surface area contributed by atoms with E-state index in [9.17, 15) is 10.1 Å². The summed E-state index contributed by atoms with van der Waals surface area (Å²) >= 11 is 0. The van der Waals surface area contributed by atoms with Crippen molar-refractivity contribution in [2.75, 3.05) is 5.32 Å². The Morgan fingerprint density at radius 3 is 2.62 bits per heavy atom. The smallest absolute Gasteiger partial charge is 0.246 e. The highest BCUT2D eigenvalue weighted by molar-refractivity contribution is 5.97. The van der Waals surface area contributed by atoms with Crippen LogP contribution in [0.1, 0.15) is 29.0 Å². The highest BCUT2D eigenvalue weighted by Gasteiger charge is 2.20. The Bertz CT molecular complexity index is 701. The largest absolute Gasteiger partial charge is 0.325 e. The average Bonchev–Trinajstić information content (AvgIpc) is 2.96. The predicted octanol–water partition coefficient (Wildman–Crippen LogP) is 3.42. The van der Waals surface area contributed by atoms with E-state index in [4.69, 9.17) is 0 Å². The van der Waals surface area contributed by atoms with Crippen molar-refractivity contribution in [1.29, 1.82) is 5.26 Å². The summed E-state index contributed by atoms with van der Waals surface area (Å²) in [6.45, 7) is 0. The molecule has 2 aromatic carbocycles. The second-order valence-electron chi connectivity index (χ2n) is 5.30. The Balaban J connectivity index is 1.78. The maximum absolute atomic E-state index is 12.3. The predicted molar refractivity (Wildman–Crippen MR) is 81.9 cm³/mol. The topological polar surface area (TPSA) is 52.9 Å². The van der Waals surface area contributed by atoms with E-state index in [2.05, 4.69) is 17.5 Å². The molecule has 1 unspecified atom stereocenters. The number of nitrogens with one attached hydrogen (secondary N) is 1. The molecule has 0 aromatic heterocycles. The number of carbonyl (C=O) groups is 1. The third kappa shape index (κ3) is 2.80. The third-order valence-electron chi connectivity index (χ3n) is 3.89. The number of nitrogens with zero attached hydrogens (tertiary/aromatic N) is 1. The molecule has 1 aliphatic carbocycles. The Labute approximate surface area is 124 Å². The van der Waals surface area contributed by atoms with Crippen molar-refractivity contribution >= 4 is 11.6 Å². The standard InChI is InChI=1S/C18H16N2O/c19-12-17(14-5-2-1-3-6-14)18(21)20-16-10-9-13-7-4-8-15(13)11-16/h1-3,5-6,9-11,17H,4,7-8H2,(H,20,21). The van der Waals surface area contributed by atoms with Crippen molar-refractivity contribution in [1.82, 2.24) is 0 Å². The lowest BCUT2D eigenvalue weighted by molar-refractivity contribution is -0.116. The quantitative estimate of drug-likeness (QED) is 0.933. The van der Waals surface area contributed by atoms with Crippen molar-refractivity contribution < 1.29 is 4.79 Å². The van der Waals surface area contributed by atoms with Gasteiger partial charge in [-0.15, -0.1) is 0 Å². The maximum Gasteiger partial charge on any atom is 0.246 e. The molecule has 0 radical (unpaired) electrons. The molecule has 21 heavy (non-hydrogen) atoms. The molecule has 0 fully saturated rings. The van der Waals surface area contributed by atoms with Gasteiger partial charge in [-0.2, -0.15) is 5.26 Å².